The molecule has 0 fully saturated rings. The zero-order valence-corrected chi connectivity index (χ0v) is 12.6. The average molecular weight is 319 g/mol. The van der Waals surface area contributed by atoms with Gasteiger partial charge in [0.15, 0.2) is 12.2 Å². The molecule has 7 heteroatoms. The number of hydrogen-bond donors (Lipinski definition) is 1. The Kier molecular flexibility index (Phi) is 4.21. The fourth-order valence-corrected chi connectivity index (χ4v) is 2.25. The van der Waals surface area contributed by atoms with Crippen molar-refractivity contribution in [2.24, 2.45) is 4.99 Å². The van der Waals surface area contributed by atoms with Crippen LogP contribution >= 0.6 is 0 Å². The Labute approximate surface area is 137 Å². The Balaban J connectivity index is 2.14. The number of para-hydroxylation sites is 2. The SMILES string of the molecule is N#CC[n+]1[nH]n(-c2ccccc2)c(=O)c1C([O-])=Nc1ccccc1. The van der Waals surface area contributed by atoms with E-state index in [2.05, 4.69) is 10.2 Å². The van der Waals surface area contributed by atoms with Crippen molar-refractivity contribution in [2.75, 3.05) is 0 Å². The van der Waals surface area contributed by atoms with Crippen LogP contribution in [0.2, 0.25) is 0 Å². The van der Waals surface area contributed by atoms with Gasteiger partial charge in [-0.15, -0.1) is 4.68 Å². The van der Waals surface area contributed by atoms with Crippen molar-refractivity contribution in [3.05, 3.63) is 76.7 Å². The minimum Gasteiger partial charge on any atom is -0.855 e. The topological polar surface area (TPSA) is 101 Å². The quantitative estimate of drug-likeness (QED) is 0.428. The van der Waals surface area contributed by atoms with E-state index in [1.807, 2.05) is 12.1 Å². The predicted molar refractivity (Wildman–Crippen MR) is 84.8 cm³/mol. The zero-order valence-electron chi connectivity index (χ0n) is 12.6. The van der Waals surface area contributed by atoms with Gasteiger partial charge in [0.05, 0.1) is 5.69 Å². The van der Waals surface area contributed by atoms with Crippen molar-refractivity contribution in [1.82, 2.24) is 9.90 Å². The largest absolute Gasteiger partial charge is 0.855 e. The molecule has 0 saturated heterocycles. The molecule has 2 aromatic carbocycles. The number of hydrogen-bond acceptors (Lipinski definition) is 4. The van der Waals surface area contributed by atoms with Crippen LogP contribution in [-0.2, 0) is 6.54 Å². The highest BCUT2D eigenvalue weighted by Gasteiger charge is 2.23. The molecule has 3 rings (SSSR count). The molecule has 0 spiro atoms. The fourth-order valence-electron chi connectivity index (χ4n) is 2.25. The lowest BCUT2D eigenvalue weighted by atomic mass is 10.3. The van der Waals surface area contributed by atoms with Crippen molar-refractivity contribution in [1.29, 1.82) is 5.26 Å². The van der Waals surface area contributed by atoms with Gasteiger partial charge in [0.2, 0.25) is 5.69 Å². The van der Waals surface area contributed by atoms with Crippen molar-refractivity contribution in [3.63, 3.8) is 0 Å². The number of nitrogens with zero attached hydrogens (tertiary/aromatic N) is 4. The van der Waals surface area contributed by atoms with E-state index >= 15 is 0 Å². The molecule has 0 saturated carbocycles. The summed E-state index contributed by atoms with van der Waals surface area (Å²) in [5.41, 5.74) is 0.260. The third-order valence-corrected chi connectivity index (χ3v) is 3.33. The maximum Gasteiger partial charge on any atom is 0.406 e. The van der Waals surface area contributed by atoms with E-state index in [0.29, 0.717) is 11.4 Å². The molecule has 0 aliphatic rings. The summed E-state index contributed by atoms with van der Waals surface area (Å²) in [4.78, 5) is 16.6. The van der Waals surface area contributed by atoms with Crippen LogP contribution in [0.5, 0.6) is 0 Å². The summed E-state index contributed by atoms with van der Waals surface area (Å²) in [6.07, 6.45) is 0. The molecule has 0 bridgehead atoms. The van der Waals surface area contributed by atoms with Crippen LogP contribution in [0.25, 0.3) is 5.69 Å². The standard InChI is InChI=1S/C17H13N5O2/c18-11-12-21-15(16(23)19-13-7-3-1-4-8-13)17(24)22(20-21)14-9-5-2-6-10-14/h1-10H,12H2,(H-,19,20,23,24). The van der Waals surface area contributed by atoms with Gasteiger partial charge in [-0.1, -0.05) is 46.3 Å². The molecule has 0 aliphatic heterocycles. The fraction of sp³-hybridized carbons (Fsp3) is 0.0588. The summed E-state index contributed by atoms with van der Waals surface area (Å²) in [7, 11) is 0. The van der Waals surface area contributed by atoms with E-state index < -0.39 is 11.5 Å². The van der Waals surface area contributed by atoms with Crippen molar-refractivity contribution in [3.8, 4) is 11.8 Å². The smallest absolute Gasteiger partial charge is 0.406 e. The minimum absolute atomic E-state index is 0.166. The third kappa shape index (κ3) is 2.94. The molecule has 0 radical (unpaired) electrons. The molecule has 1 aromatic heterocycles. The number of aromatic amines is 1. The van der Waals surface area contributed by atoms with E-state index in [1.54, 1.807) is 54.6 Å². The number of aliphatic imine (C=N–C) groups is 1. The van der Waals surface area contributed by atoms with Gasteiger partial charge in [0.1, 0.15) is 6.07 Å². The average Bonchev–Trinajstić information content (AvgIpc) is 2.93. The van der Waals surface area contributed by atoms with Gasteiger partial charge in [0.25, 0.3) is 0 Å². The van der Waals surface area contributed by atoms with Crippen molar-refractivity contribution < 1.29 is 9.79 Å². The summed E-state index contributed by atoms with van der Waals surface area (Å²) < 4.78 is 2.41. The zero-order chi connectivity index (χ0) is 16.9. The normalized spacial score (nSPS) is 11.2. The Bertz CT molecular complexity index is 966. The molecule has 1 heterocycles. The van der Waals surface area contributed by atoms with Crippen LogP contribution in [0.1, 0.15) is 5.69 Å². The second kappa shape index (κ2) is 6.62. The van der Waals surface area contributed by atoms with Gasteiger partial charge < -0.3 is 5.11 Å². The minimum atomic E-state index is -0.701. The molecule has 0 amide bonds. The van der Waals surface area contributed by atoms with Gasteiger partial charge >= 0.3 is 5.56 Å². The lowest BCUT2D eigenvalue weighted by Gasteiger charge is -2.05. The highest BCUT2D eigenvalue weighted by molar-refractivity contribution is 5.88. The van der Waals surface area contributed by atoms with Gasteiger partial charge in [-0.3, -0.25) is 4.99 Å². The molecule has 3 aromatic rings. The van der Waals surface area contributed by atoms with Gasteiger partial charge in [-0.25, -0.2) is 4.79 Å². The van der Waals surface area contributed by atoms with E-state index in [9.17, 15) is 9.90 Å². The molecule has 0 atom stereocenters. The molecular formula is C17H13N5O2. The van der Waals surface area contributed by atoms with Crippen LogP contribution in [-0.4, -0.2) is 15.8 Å². The van der Waals surface area contributed by atoms with Crippen molar-refractivity contribution in [2.45, 2.75) is 6.54 Å². The van der Waals surface area contributed by atoms with Crippen LogP contribution < -0.4 is 15.3 Å². The predicted octanol–water partition coefficient (Wildman–Crippen LogP) is 0.415. The number of nitriles is 1. The van der Waals surface area contributed by atoms with Gasteiger partial charge in [-0.05, 0) is 24.3 Å². The lowest BCUT2D eigenvalue weighted by molar-refractivity contribution is -0.746. The molecule has 0 unspecified atom stereocenters. The molecular weight excluding hydrogens is 306 g/mol. The maximum absolute atomic E-state index is 12.6. The molecule has 1 N–H and O–H groups in total. The monoisotopic (exact) mass is 319 g/mol. The number of rotatable bonds is 4. The summed E-state index contributed by atoms with van der Waals surface area (Å²) in [6.45, 7) is -0.166. The van der Waals surface area contributed by atoms with E-state index in [0.717, 1.165) is 0 Å². The summed E-state index contributed by atoms with van der Waals surface area (Å²) >= 11 is 0. The third-order valence-electron chi connectivity index (χ3n) is 3.33. The second-order valence-electron chi connectivity index (χ2n) is 4.92. The van der Waals surface area contributed by atoms with E-state index in [1.165, 1.54) is 9.36 Å². The van der Waals surface area contributed by atoms with Gasteiger partial charge in [0, 0.05) is 5.90 Å². The molecule has 7 nitrogen and oxygen atoms in total. The lowest BCUT2D eigenvalue weighted by Crippen LogP contribution is -2.46. The van der Waals surface area contributed by atoms with E-state index in [-0.39, 0.29) is 12.2 Å². The van der Waals surface area contributed by atoms with Crippen LogP contribution in [0.4, 0.5) is 5.69 Å². The number of H-pyrrole nitrogens is 1. The molecule has 24 heavy (non-hydrogen) atoms. The Morgan fingerprint density at radius 2 is 1.79 bits per heavy atom. The first-order chi connectivity index (χ1) is 11.7. The summed E-state index contributed by atoms with van der Waals surface area (Å²) in [5, 5.41) is 24.1. The number of benzene rings is 2. The summed E-state index contributed by atoms with van der Waals surface area (Å²) in [5.74, 6) is -0.701. The molecule has 0 aliphatic carbocycles. The van der Waals surface area contributed by atoms with Crippen molar-refractivity contribution >= 4 is 11.6 Å². The highest BCUT2D eigenvalue weighted by Crippen LogP contribution is 2.10. The first kappa shape index (κ1) is 15.2. The Morgan fingerprint density at radius 3 is 2.42 bits per heavy atom. The Hall–Kier alpha value is -3.66. The number of aromatic nitrogens is 3. The van der Waals surface area contributed by atoms with Crippen LogP contribution in [0.3, 0.4) is 0 Å². The maximum atomic E-state index is 12.6. The van der Waals surface area contributed by atoms with E-state index in [4.69, 9.17) is 5.26 Å². The Morgan fingerprint density at radius 1 is 1.17 bits per heavy atom. The second-order valence-corrected chi connectivity index (χ2v) is 4.92. The number of nitrogens with one attached hydrogen (secondary N) is 1. The van der Waals surface area contributed by atoms with Crippen LogP contribution in [0, 0.1) is 11.3 Å². The molecule has 118 valence electrons. The first-order valence-corrected chi connectivity index (χ1v) is 7.19. The van der Waals surface area contributed by atoms with Gasteiger partial charge in [-0.2, -0.15) is 5.26 Å². The highest BCUT2D eigenvalue weighted by atomic mass is 16.3. The summed E-state index contributed by atoms with van der Waals surface area (Å²) in [6, 6.07) is 19.3. The van der Waals surface area contributed by atoms with Crippen LogP contribution in [0.15, 0.2) is 70.5 Å². The first-order valence-electron chi connectivity index (χ1n) is 7.19.